The number of hydrogen-bond acceptors (Lipinski definition) is 3. The van der Waals surface area contributed by atoms with E-state index in [-0.39, 0.29) is 0 Å². The van der Waals surface area contributed by atoms with Gasteiger partial charge in [-0.3, -0.25) is 0 Å². The van der Waals surface area contributed by atoms with E-state index in [1.807, 2.05) is 11.3 Å². The van der Waals surface area contributed by atoms with Gasteiger partial charge in [0.2, 0.25) is 0 Å². The predicted molar refractivity (Wildman–Crippen MR) is 263 cm³/mol. The van der Waals surface area contributed by atoms with Crippen molar-refractivity contribution in [2.75, 3.05) is 9.80 Å². The van der Waals surface area contributed by atoms with Gasteiger partial charge in [-0.2, -0.15) is 0 Å². The quantitative estimate of drug-likeness (QED) is 0.165. The summed E-state index contributed by atoms with van der Waals surface area (Å²) in [6.45, 7) is 0. The number of rotatable bonds is 6. The van der Waals surface area contributed by atoms with Gasteiger partial charge in [-0.15, -0.1) is 11.3 Å². The zero-order valence-corrected chi connectivity index (χ0v) is 34.6. The van der Waals surface area contributed by atoms with Crippen LogP contribution in [0.15, 0.2) is 231 Å². The monoisotopic (exact) mass is 806 g/mol. The van der Waals surface area contributed by atoms with Crippen LogP contribution in [0.4, 0.5) is 34.1 Å². The number of nitrogens with zero attached hydrogens (tertiary/aromatic N) is 2. The summed E-state index contributed by atoms with van der Waals surface area (Å²) in [6.07, 6.45) is 0. The van der Waals surface area contributed by atoms with Crippen molar-refractivity contribution >= 4 is 76.4 Å². The van der Waals surface area contributed by atoms with Crippen LogP contribution in [0.25, 0.3) is 53.2 Å². The second-order valence-electron chi connectivity index (χ2n) is 16.4. The molecule has 0 fully saturated rings. The molecule has 2 aliphatic rings. The fourth-order valence-electron chi connectivity index (χ4n) is 10.7. The minimum absolute atomic E-state index is 0.555. The van der Waals surface area contributed by atoms with E-state index in [0.29, 0.717) is 0 Å². The highest BCUT2D eigenvalue weighted by Crippen LogP contribution is 2.65. The largest absolute Gasteiger partial charge is 0.310 e. The van der Waals surface area contributed by atoms with Gasteiger partial charge in [0.15, 0.2) is 0 Å². The smallest absolute Gasteiger partial charge is 0.0727 e. The normalized spacial score (nSPS) is 14.5. The van der Waals surface area contributed by atoms with Crippen molar-refractivity contribution in [3.05, 3.63) is 253 Å². The summed E-state index contributed by atoms with van der Waals surface area (Å²) in [6, 6.07) is 85.4. The first-order chi connectivity index (χ1) is 30.8. The van der Waals surface area contributed by atoms with Crippen molar-refractivity contribution in [2.45, 2.75) is 5.41 Å². The Kier molecular flexibility index (Phi) is 7.72. The highest BCUT2D eigenvalue weighted by atomic mass is 32.1. The minimum Gasteiger partial charge on any atom is -0.310 e. The molecule has 10 aromatic carbocycles. The van der Waals surface area contributed by atoms with Crippen molar-refractivity contribution in [1.29, 1.82) is 0 Å². The van der Waals surface area contributed by atoms with Crippen LogP contribution in [0.3, 0.4) is 0 Å². The van der Waals surface area contributed by atoms with E-state index in [9.17, 15) is 0 Å². The zero-order valence-electron chi connectivity index (χ0n) is 33.7. The van der Waals surface area contributed by atoms with Crippen LogP contribution in [0.1, 0.15) is 22.3 Å². The maximum absolute atomic E-state index is 2.49. The molecule has 1 atom stereocenters. The first-order valence-electron chi connectivity index (χ1n) is 21.3. The minimum atomic E-state index is -0.555. The van der Waals surface area contributed by atoms with Gasteiger partial charge in [0.25, 0.3) is 0 Å². The Morgan fingerprint density at radius 3 is 1.65 bits per heavy atom. The van der Waals surface area contributed by atoms with Crippen molar-refractivity contribution in [3.63, 3.8) is 0 Å². The third-order valence-electron chi connectivity index (χ3n) is 13.2. The van der Waals surface area contributed by atoms with Gasteiger partial charge in [0, 0.05) is 53.9 Å². The number of fused-ring (bicyclic) bond motifs is 14. The van der Waals surface area contributed by atoms with Crippen LogP contribution in [-0.4, -0.2) is 0 Å². The lowest BCUT2D eigenvalue weighted by atomic mass is 9.70. The Balaban J connectivity index is 1.09. The molecule has 13 rings (SSSR count). The van der Waals surface area contributed by atoms with Gasteiger partial charge in [-0.1, -0.05) is 158 Å². The van der Waals surface area contributed by atoms with E-state index in [1.165, 1.54) is 81.1 Å². The maximum atomic E-state index is 2.49. The van der Waals surface area contributed by atoms with E-state index < -0.39 is 5.41 Å². The number of benzene rings is 10. The first-order valence-corrected chi connectivity index (χ1v) is 22.2. The third-order valence-corrected chi connectivity index (χ3v) is 14.4. The lowest BCUT2D eigenvalue weighted by molar-refractivity contribution is 0.793. The summed E-state index contributed by atoms with van der Waals surface area (Å²) in [4.78, 5) is 4.93. The molecule has 2 aliphatic carbocycles. The van der Waals surface area contributed by atoms with E-state index in [1.54, 1.807) is 0 Å². The molecule has 62 heavy (non-hydrogen) atoms. The number of hydrogen-bond donors (Lipinski definition) is 0. The molecule has 0 N–H and O–H groups in total. The molecule has 1 spiro atoms. The molecule has 3 heteroatoms. The van der Waals surface area contributed by atoms with E-state index in [4.69, 9.17) is 0 Å². The fourth-order valence-corrected chi connectivity index (χ4v) is 11.8. The van der Waals surface area contributed by atoms with Crippen LogP contribution >= 0.6 is 11.3 Å². The molecule has 1 heterocycles. The maximum Gasteiger partial charge on any atom is 0.0727 e. The molecule has 0 radical (unpaired) electrons. The van der Waals surface area contributed by atoms with E-state index in [0.717, 1.165) is 28.4 Å². The Morgan fingerprint density at radius 1 is 0.306 bits per heavy atom. The van der Waals surface area contributed by atoms with Crippen molar-refractivity contribution in [1.82, 2.24) is 0 Å². The molecule has 1 unspecified atom stereocenters. The van der Waals surface area contributed by atoms with Crippen molar-refractivity contribution in [2.24, 2.45) is 0 Å². The van der Waals surface area contributed by atoms with Gasteiger partial charge in [-0.25, -0.2) is 0 Å². The fraction of sp³-hybridized carbons (Fsp3) is 0.0169. The van der Waals surface area contributed by atoms with Crippen LogP contribution in [-0.2, 0) is 5.41 Å². The number of anilines is 6. The topological polar surface area (TPSA) is 6.48 Å². The Labute approximate surface area is 364 Å². The number of para-hydroxylation sites is 2. The second-order valence-corrected chi connectivity index (χ2v) is 17.5. The molecule has 0 saturated heterocycles. The van der Waals surface area contributed by atoms with Gasteiger partial charge >= 0.3 is 0 Å². The SMILES string of the molecule is c1ccc(N(c2ccc3sc4ccccc4c3c2)c2cccc3c2-c2ccccc2C32c3ccccc3-c3ccc(N(c4ccccc4)c4cccc5ccccc45)cc32)cc1. The van der Waals surface area contributed by atoms with Crippen molar-refractivity contribution in [3.8, 4) is 22.3 Å². The summed E-state index contributed by atoms with van der Waals surface area (Å²) in [5, 5.41) is 5.02. The van der Waals surface area contributed by atoms with Crippen LogP contribution in [0.2, 0.25) is 0 Å². The van der Waals surface area contributed by atoms with E-state index >= 15 is 0 Å². The molecular formula is C59H38N2S. The average Bonchev–Trinajstić information content (AvgIpc) is 3.97. The zero-order chi connectivity index (χ0) is 40.8. The highest BCUT2D eigenvalue weighted by Gasteiger charge is 2.52. The molecule has 1 aromatic heterocycles. The Morgan fingerprint density at radius 2 is 0.839 bits per heavy atom. The highest BCUT2D eigenvalue weighted by molar-refractivity contribution is 7.25. The van der Waals surface area contributed by atoms with Gasteiger partial charge in [-0.05, 0) is 117 Å². The third kappa shape index (κ3) is 4.97. The Bertz CT molecular complexity index is 3550. The molecule has 0 saturated carbocycles. The lowest BCUT2D eigenvalue weighted by Gasteiger charge is -2.33. The second kappa shape index (κ2) is 13.7. The lowest BCUT2D eigenvalue weighted by Crippen LogP contribution is -2.26. The summed E-state index contributed by atoms with van der Waals surface area (Å²) in [5.74, 6) is 0. The van der Waals surface area contributed by atoms with Crippen LogP contribution in [0.5, 0.6) is 0 Å². The van der Waals surface area contributed by atoms with Crippen LogP contribution < -0.4 is 9.80 Å². The predicted octanol–water partition coefficient (Wildman–Crippen LogP) is 16.5. The van der Waals surface area contributed by atoms with Gasteiger partial charge < -0.3 is 9.80 Å². The standard InChI is InChI=1S/C59H38N2S/c1-3-19-40(20-4-1)60(54-30-15-18-39-17-7-8-23-44(39)54)43-33-35-46-45-24-9-12-27-50(45)59(53(46)38-43)51-28-13-10-26-48(51)58-52(59)29-16-31-55(58)61(41-21-5-2-6-22-41)42-34-36-57-49(37-42)47-25-11-14-32-56(47)62-57/h1-38H. The molecule has 0 aliphatic heterocycles. The Hall–Kier alpha value is -7.72. The number of thiophene rings is 1. The van der Waals surface area contributed by atoms with Crippen LogP contribution in [0, 0.1) is 0 Å². The molecule has 0 amide bonds. The van der Waals surface area contributed by atoms with Gasteiger partial charge in [0.05, 0.1) is 16.8 Å². The molecular weight excluding hydrogens is 769 g/mol. The summed E-state index contributed by atoms with van der Waals surface area (Å²) in [5.41, 5.74) is 16.6. The van der Waals surface area contributed by atoms with E-state index in [2.05, 4.69) is 240 Å². The molecule has 11 aromatic rings. The molecule has 290 valence electrons. The van der Waals surface area contributed by atoms with Crippen molar-refractivity contribution < 1.29 is 0 Å². The first kappa shape index (κ1) is 35.1. The summed E-state index contributed by atoms with van der Waals surface area (Å²) < 4.78 is 2.61. The summed E-state index contributed by atoms with van der Waals surface area (Å²) >= 11 is 1.86. The van der Waals surface area contributed by atoms with Gasteiger partial charge in [0.1, 0.15) is 0 Å². The molecule has 0 bridgehead atoms. The summed E-state index contributed by atoms with van der Waals surface area (Å²) in [7, 11) is 0. The average molecular weight is 807 g/mol. The molecule has 2 nitrogen and oxygen atoms in total.